The van der Waals surface area contributed by atoms with E-state index in [2.05, 4.69) is 63.3 Å². The smallest absolute Gasteiger partial charge is 0.163 e. The zero-order valence-electron chi connectivity index (χ0n) is 12.1. The van der Waals surface area contributed by atoms with Crippen LogP contribution < -0.4 is 0 Å². The fraction of sp³-hybridized carbons (Fsp3) is 0.176. The van der Waals surface area contributed by atoms with Crippen LogP contribution in [-0.4, -0.2) is 29.6 Å². The molecule has 0 N–H and O–H groups in total. The van der Waals surface area contributed by atoms with E-state index in [0.29, 0.717) is 0 Å². The van der Waals surface area contributed by atoms with Crippen molar-refractivity contribution in [1.82, 2.24) is 0 Å². The van der Waals surface area contributed by atoms with Crippen LogP contribution >= 0.6 is 11.8 Å². The summed E-state index contributed by atoms with van der Waals surface area (Å²) in [6.45, 7) is 2.15. The predicted octanol–water partition coefficient (Wildman–Crippen LogP) is 3.63. The van der Waals surface area contributed by atoms with E-state index in [1.54, 1.807) is 24.4 Å². The quantitative estimate of drug-likeness (QED) is 0.835. The summed E-state index contributed by atoms with van der Waals surface area (Å²) in [5.74, 6) is 1.61. The van der Waals surface area contributed by atoms with Crippen molar-refractivity contribution < 1.29 is 0 Å². The number of hydrogen-bond donors (Lipinski definition) is 0. The summed E-state index contributed by atoms with van der Waals surface area (Å²) in [5, 5.41) is 3.59. The van der Waals surface area contributed by atoms with Crippen LogP contribution in [0.15, 0.2) is 56.4 Å². The highest BCUT2D eigenvalue weighted by Crippen LogP contribution is 2.28. The van der Waals surface area contributed by atoms with E-state index in [1.165, 1.54) is 21.9 Å². The van der Waals surface area contributed by atoms with Crippen molar-refractivity contribution in [2.24, 2.45) is 20.0 Å². The lowest BCUT2D eigenvalue weighted by Gasteiger charge is -2.14. The van der Waals surface area contributed by atoms with Gasteiger partial charge in [0.1, 0.15) is 17.7 Å². The number of nitrogens with zero attached hydrogens (tertiary/aromatic N) is 4. The minimum absolute atomic E-state index is 0.105. The van der Waals surface area contributed by atoms with Crippen molar-refractivity contribution in [2.45, 2.75) is 18.7 Å². The fourth-order valence-electron chi connectivity index (χ4n) is 2.70. The number of thioether (sulfide) groups is 1. The minimum atomic E-state index is -0.105. The molecule has 2 aromatic carbocycles. The lowest BCUT2D eigenvalue weighted by atomic mass is 10.0. The molecule has 0 amide bonds. The first-order valence-electron chi connectivity index (χ1n) is 7.12. The maximum atomic E-state index is 4.38. The molecule has 1 unspecified atom stereocenters. The number of hydrogen-bond acceptors (Lipinski definition) is 5. The molecule has 2 aromatic rings. The van der Waals surface area contributed by atoms with E-state index < -0.39 is 0 Å². The number of rotatable bonds is 2. The van der Waals surface area contributed by atoms with E-state index in [4.69, 9.17) is 0 Å². The Kier molecular flexibility index (Phi) is 3.35. The third-order valence-electron chi connectivity index (χ3n) is 3.87. The van der Waals surface area contributed by atoms with E-state index in [0.717, 1.165) is 16.6 Å². The van der Waals surface area contributed by atoms with Gasteiger partial charge in [-0.3, -0.25) is 4.99 Å². The Bertz CT molecular complexity index is 864. The van der Waals surface area contributed by atoms with Crippen LogP contribution in [0.1, 0.15) is 11.1 Å². The molecular weight excluding hydrogens is 292 g/mol. The molecule has 4 rings (SSSR count). The highest BCUT2D eigenvalue weighted by molar-refractivity contribution is 8.13. The van der Waals surface area contributed by atoms with Gasteiger partial charge in [-0.15, -0.1) is 11.8 Å². The van der Waals surface area contributed by atoms with Gasteiger partial charge in [-0.2, -0.15) is 0 Å². The highest BCUT2D eigenvalue weighted by atomic mass is 32.2. The Morgan fingerprint density at radius 3 is 2.77 bits per heavy atom. The molecule has 2 aliphatic rings. The SMILES string of the molecule is Cc1ccc(CSC2=NC=NC3=NC=NC32)c2ccccc12. The van der Waals surface area contributed by atoms with Crippen molar-refractivity contribution in [3.63, 3.8) is 0 Å². The van der Waals surface area contributed by atoms with Gasteiger partial charge in [0, 0.05) is 5.75 Å². The minimum Gasteiger partial charge on any atom is -0.255 e. The third-order valence-corrected chi connectivity index (χ3v) is 4.95. The van der Waals surface area contributed by atoms with Crippen molar-refractivity contribution in [2.75, 3.05) is 0 Å². The number of aliphatic imine (C=N–C) groups is 4. The number of benzene rings is 2. The molecule has 4 nitrogen and oxygen atoms in total. The molecule has 2 aliphatic heterocycles. The van der Waals surface area contributed by atoms with Gasteiger partial charge in [-0.05, 0) is 28.8 Å². The topological polar surface area (TPSA) is 49.4 Å². The van der Waals surface area contributed by atoms with Crippen molar-refractivity contribution in [3.05, 3.63) is 47.5 Å². The van der Waals surface area contributed by atoms with Crippen molar-refractivity contribution >= 4 is 46.1 Å². The second-order valence-corrected chi connectivity index (χ2v) is 6.24. The van der Waals surface area contributed by atoms with Crippen LogP contribution in [0.4, 0.5) is 0 Å². The Hall–Kier alpha value is -2.27. The summed E-state index contributed by atoms with van der Waals surface area (Å²) in [6, 6.07) is 12.8. The molecule has 108 valence electrons. The largest absolute Gasteiger partial charge is 0.255 e. The summed E-state index contributed by atoms with van der Waals surface area (Å²) in [6.07, 6.45) is 3.14. The second kappa shape index (κ2) is 5.50. The van der Waals surface area contributed by atoms with Crippen LogP contribution in [0.5, 0.6) is 0 Å². The van der Waals surface area contributed by atoms with E-state index in [1.807, 2.05) is 0 Å². The Morgan fingerprint density at radius 2 is 1.86 bits per heavy atom. The lowest BCUT2D eigenvalue weighted by molar-refractivity contribution is 1.16. The van der Waals surface area contributed by atoms with Crippen LogP contribution in [0, 0.1) is 6.92 Å². The van der Waals surface area contributed by atoms with Gasteiger partial charge in [-0.25, -0.2) is 15.0 Å². The maximum absolute atomic E-state index is 4.38. The molecule has 2 heterocycles. The Morgan fingerprint density at radius 1 is 1.00 bits per heavy atom. The average molecular weight is 306 g/mol. The van der Waals surface area contributed by atoms with Gasteiger partial charge in [0.15, 0.2) is 11.9 Å². The zero-order valence-corrected chi connectivity index (χ0v) is 12.9. The van der Waals surface area contributed by atoms with Gasteiger partial charge in [-0.1, -0.05) is 36.4 Å². The molecule has 22 heavy (non-hydrogen) atoms. The first-order chi connectivity index (χ1) is 10.8. The summed E-state index contributed by atoms with van der Waals surface area (Å²) in [7, 11) is 0. The molecule has 0 bridgehead atoms. The number of amidine groups is 1. The second-order valence-electron chi connectivity index (χ2n) is 5.24. The lowest BCUT2D eigenvalue weighted by Crippen LogP contribution is -2.25. The predicted molar refractivity (Wildman–Crippen MR) is 95.6 cm³/mol. The molecule has 1 atom stereocenters. The summed E-state index contributed by atoms with van der Waals surface area (Å²) in [5.41, 5.74) is 2.62. The van der Waals surface area contributed by atoms with Crippen LogP contribution in [0.3, 0.4) is 0 Å². The molecule has 0 radical (unpaired) electrons. The molecule has 0 aromatic heterocycles. The van der Waals surface area contributed by atoms with E-state index in [-0.39, 0.29) is 6.04 Å². The van der Waals surface area contributed by atoms with Gasteiger partial charge in [0.2, 0.25) is 0 Å². The molecular formula is C17H14N4S. The molecule has 0 saturated heterocycles. The number of aryl methyl sites for hydroxylation is 1. The van der Waals surface area contributed by atoms with E-state index >= 15 is 0 Å². The third kappa shape index (κ3) is 2.27. The van der Waals surface area contributed by atoms with Gasteiger partial charge in [0.25, 0.3) is 0 Å². The zero-order chi connectivity index (χ0) is 14.9. The van der Waals surface area contributed by atoms with Gasteiger partial charge >= 0.3 is 0 Å². The van der Waals surface area contributed by atoms with Gasteiger partial charge < -0.3 is 0 Å². The summed E-state index contributed by atoms with van der Waals surface area (Å²) in [4.78, 5) is 17.0. The highest BCUT2D eigenvalue weighted by Gasteiger charge is 2.26. The maximum Gasteiger partial charge on any atom is 0.163 e. The first kappa shape index (κ1) is 13.4. The monoisotopic (exact) mass is 306 g/mol. The molecule has 0 fully saturated rings. The van der Waals surface area contributed by atoms with Crippen LogP contribution in [0.25, 0.3) is 10.8 Å². The molecule has 0 aliphatic carbocycles. The average Bonchev–Trinajstić information content (AvgIpc) is 3.04. The fourth-order valence-corrected chi connectivity index (χ4v) is 3.70. The standard InChI is InChI=1S/C17H14N4S/c1-11-6-7-12(14-5-3-2-4-13(11)14)8-22-17-15-16(19-9-18-15)20-10-21-17/h2-7,9-10,15H,8H2,1H3. The Labute approximate surface area is 132 Å². The summed E-state index contributed by atoms with van der Waals surface area (Å²) < 4.78 is 0. The Balaban J connectivity index is 1.61. The molecule has 0 spiro atoms. The van der Waals surface area contributed by atoms with Crippen LogP contribution in [-0.2, 0) is 5.75 Å². The number of fused-ring (bicyclic) bond motifs is 2. The van der Waals surface area contributed by atoms with Crippen molar-refractivity contribution in [3.8, 4) is 0 Å². The molecule has 0 saturated carbocycles. The molecule has 5 heteroatoms. The van der Waals surface area contributed by atoms with E-state index in [9.17, 15) is 0 Å². The van der Waals surface area contributed by atoms with Crippen molar-refractivity contribution in [1.29, 1.82) is 0 Å². The van der Waals surface area contributed by atoms with Gasteiger partial charge in [0.05, 0.1) is 0 Å². The normalized spacial score (nSPS) is 19.2. The summed E-state index contributed by atoms with van der Waals surface area (Å²) >= 11 is 1.71. The van der Waals surface area contributed by atoms with Crippen LogP contribution in [0.2, 0.25) is 0 Å². The first-order valence-corrected chi connectivity index (χ1v) is 8.11.